The highest BCUT2D eigenvalue weighted by molar-refractivity contribution is 6.16. The quantitative estimate of drug-likeness (QED) is 0.593. The van der Waals surface area contributed by atoms with Gasteiger partial charge in [-0.1, -0.05) is 24.3 Å². The zero-order valence-electron chi connectivity index (χ0n) is 17.4. The Morgan fingerprint density at radius 2 is 1.91 bits per heavy atom. The van der Waals surface area contributed by atoms with Crippen molar-refractivity contribution in [1.29, 1.82) is 0 Å². The maximum atomic E-state index is 13.5. The highest BCUT2D eigenvalue weighted by Crippen LogP contribution is 2.42. The Morgan fingerprint density at radius 1 is 1.12 bits per heavy atom. The van der Waals surface area contributed by atoms with Crippen LogP contribution in [0.4, 0.5) is 0 Å². The van der Waals surface area contributed by atoms with Crippen LogP contribution in [0.3, 0.4) is 0 Å². The SMILES string of the molecule is COCCN1C(=O)C(O)=C(C(=O)c2cc3ccccc3o2)C1c1ccc2c(c1)OCCO2. The summed E-state index contributed by atoms with van der Waals surface area (Å²) in [5.74, 6) is -0.614. The van der Waals surface area contributed by atoms with Crippen LogP contribution in [-0.4, -0.2) is 55.2 Å². The Labute approximate surface area is 183 Å². The van der Waals surface area contributed by atoms with Crippen molar-refractivity contribution in [2.75, 3.05) is 33.5 Å². The van der Waals surface area contributed by atoms with E-state index in [-0.39, 0.29) is 24.5 Å². The third kappa shape index (κ3) is 3.29. The van der Waals surface area contributed by atoms with Gasteiger partial charge >= 0.3 is 0 Å². The number of rotatable bonds is 6. The molecule has 32 heavy (non-hydrogen) atoms. The molecule has 5 rings (SSSR count). The molecule has 8 nitrogen and oxygen atoms in total. The summed E-state index contributed by atoms with van der Waals surface area (Å²) in [6.45, 7) is 1.28. The maximum absolute atomic E-state index is 13.5. The lowest BCUT2D eigenvalue weighted by atomic mass is 9.94. The Hall–Kier alpha value is -3.78. The van der Waals surface area contributed by atoms with Gasteiger partial charge in [-0.25, -0.2) is 0 Å². The van der Waals surface area contributed by atoms with Crippen molar-refractivity contribution in [3.63, 3.8) is 0 Å². The van der Waals surface area contributed by atoms with Crippen LogP contribution in [0, 0.1) is 0 Å². The number of para-hydroxylation sites is 1. The molecule has 1 atom stereocenters. The fourth-order valence-electron chi connectivity index (χ4n) is 4.11. The summed E-state index contributed by atoms with van der Waals surface area (Å²) >= 11 is 0. The highest BCUT2D eigenvalue weighted by Gasteiger charge is 2.44. The molecular formula is C24H21NO7. The van der Waals surface area contributed by atoms with Gasteiger partial charge in [-0.2, -0.15) is 0 Å². The van der Waals surface area contributed by atoms with E-state index in [2.05, 4.69) is 0 Å². The zero-order valence-corrected chi connectivity index (χ0v) is 17.4. The molecule has 2 aliphatic heterocycles. The summed E-state index contributed by atoms with van der Waals surface area (Å²) in [6.07, 6.45) is 0. The van der Waals surface area contributed by atoms with Crippen LogP contribution < -0.4 is 9.47 Å². The largest absolute Gasteiger partial charge is 0.503 e. The van der Waals surface area contributed by atoms with Crippen LogP contribution in [-0.2, 0) is 9.53 Å². The number of furan rings is 1. The van der Waals surface area contributed by atoms with Crippen LogP contribution in [0.2, 0.25) is 0 Å². The van der Waals surface area contributed by atoms with Gasteiger partial charge in [0.1, 0.15) is 18.8 Å². The first kappa shape index (κ1) is 20.1. The lowest BCUT2D eigenvalue weighted by molar-refractivity contribution is -0.130. The lowest BCUT2D eigenvalue weighted by Gasteiger charge is -2.27. The van der Waals surface area contributed by atoms with Gasteiger partial charge in [0.15, 0.2) is 23.0 Å². The molecule has 1 unspecified atom stereocenters. The number of ether oxygens (including phenoxy) is 3. The number of ketones is 1. The third-order valence-electron chi connectivity index (χ3n) is 5.62. The molecule has 0 radical (unpaired) electrons. The number of carbonyl (C=O) groups is 2. The van der Waals surface area contributed by atoms with Crippen molar-refractivity contribution in [1.82, 2.24) is 4.90 Å². The van der Waals surface area contributed by atoms with Crippen molar-refractivity contribution in [3.05, 3.63) is 71.2 Å². The minimum atomic E-state index is -0.825. The second-order valence-electron chi connectivity index (χ2n) is 7.54. The smallest absolute Gasteiger partial charge is 0.290 e. The molecule has 3 heterocycles. The third-order valence-corrected chi connectivity index (χ3v) is 5.62. The van der Waals surface area contributed by atoms with Gasteiger partial charge in [0.2, 0.25) is 5.78 Å². The summed E-state index contributed by atoms with van der Waals surface area (Å²) in [4.78, 5) is 27.8. The van der Waals surface area contributed by atoms with Crippen molar-refractivity contribution in [3.8, 4) is 11.5 Å². The first-order chi connectivity index (χ1) is 15.6. The van der Waals surface area contributed by atoms with E-state index in [1.165, 1.54) is 12.0 Å². The van der Waals surface area contributed by atoms with Gasteiger partial charge < -0.3 is 28.6 Å². The fraction of sp³-hybridized carbons (Fsp3) is 0.250. The molecule has 1 aromatic heterocycles. The molecule has 164 valence electrons. The number of nitrogens with zero attached hydrogens (tertiary/aromatic N) is 1. The van der Waals surface area contributed by atoms with E-state index in [0.29, 0.717) is 35.9 Å². The first-order valence-electron chi connectivity index (χ1n) is 10.2. The number of benzene rings is 2. The average Bonchev–Trinajstić information content (AvgIpc) is 3.36. The van der Waals surface area contributed by atoms with Crippen molar-refractivity contribution in [2.24, 2.45) is 0 Å². The Bertz CT molecular complexity index is 1210. The predicted octanol–water partition coefficient (Wildman–Crippen LogP) is 3.43. The number of amides is 1. The normalized spacial score (nSPS) is 18.0. The minimum Gasteiger partial charge on any atom is -0.503 e. The molecule has 3 aromatic rings. The minimum absolute atomic E-state index is 0.0400. The highest BCUT2D eigenvalue weighted by atomic mass is 16.6. The number of aliphatic hydroxyl groups excluding tert-OH is 1. The predicted molar refractivity (Wildman–Crippen MR) is 114 cm³/mol. The second kappa shape index (κ2) is 8.05. The van der Waals surface area contributed by atoms with Gasteiger partial charge in [-0.15, -0.1) is 0 Å². The Morgan fingerprint density at radius 3 is 2.69 bits per heavy atom. The van der Waals surface area contributed by atoms with Crippen LogP contribution >= 0.6 is 0 Å². The van der Waals surface area contributed by atoms with Crippen molar-refractivity contribution >= 4 is 22.7 Å². The van der Waals surface area contributed by atoms with Gasteiger partial charge in [-0.05, 0) is 29.8 Å². The molecule has 0 spiro atoms. The average molecular weight is 435 g/mol. The van der Waals surface area contributed by atoms with Gasteiger partial charge in [0.25, 0.3) is 5.91 Å². The van der Waals surface area contributed by atoms with E-state index in [1.807, 2.05) is 12.1 Å². The van der Waals surface area contributed by atoms with E-state index >= 15 is 0 Å². The maximum Gasteiger partial charge on any atom is 0.290 e. The summed E-state index contributed by atoms with van der Waals surface area (Å²) in [5.41, 5.74) is 1.12. The molecule has 2 aliphatic rings. The topological polar surface area (TPSA) is 98.4 Å². The van der Waals surface area contributed by atoms with Crippen LogP contribution in [0.15, 0.2) is 64.3 Å². The van der Waals surface area contributed by atoms with E-state index in [1.54, 1.807) is 36.4 Å². The first-order valence-corrected chi connectivity index (χ1v) is 10.2. The summed E-state index contributed by atoms with van der Waals surface area (Å²) < 4.78 is 22.1. The molecule has 0 bridgehead atoms. The van der Waals surface area contributed by atoms with Crippen LogP contribution in [0.1, 0.15) is 22.2 Å². The monoisotopic (exact) mass is 435 g/mol. The van der Waals surface area contributed by atoms with Crippen molar-refractivity contribution in [2.45, 2.75) is 6.04 Å². The summed E-state index contributed by atoms with van der Waals surface area (Å²) in [7, 11) is 1.52. The number of Topliss-reactive ketones (excluding diaryl/α,β-unsaturated/α-hetero) is 1. The molecule has 1 amide bonds. The molecule has 0 aliphatic carbocycles. The molecule has 2 aromatic carbocycles. The van der Waals surface area contributed by atoms with Crippen LogP contribution in [0.25, 0.3) is 11.0 Å². The fourth-order valence-corrected chi connectivity index (χ4v) is 4.11. The summed E-state index contributed by atoms with van der Waals surface area (Å²) in [5, 5.41) is 11.5. The number of hydrogen-bond acceptors (Lipinski definition) is 7. The van der Waals surface area contributed by atoms with E-state index < -0.39 is 23.5 Å². The summed E-state index contributed by atoms with van der Waals surface area (Å²) in [6, 6.07) is 13.2. The van der Waals surface area contributed by atoms with E-state index in [4.69, 9.17) is 18.6 Å². The number of hydrogen-bond donors (Lipinski definition) is 1. The number of carbonyl (C=O) groups excluding carboxylic acids is 2. The zero-order chi connectivity index (χ0) is 22.2. The lowest BCUT2D eigenvalue weighted by Crippen LogP contribution is -2.34. The van der Waals surface area contributed by atoms with Gasteiger partial charge in [0, 0.05) is 19.0 Å². The number of fused-ring (bicyclic) bond motifs is 2. The van der Waals surface area contributed by atoms with E-state index in [0.717, 1.165) is 5.39 Å². The molecular weight excluding hydrogens is 414 g/mol. The molecule has 8 heteroatoms. The number of aliphatic hydroxyl groups is 1. The standard InChI is InChI=1S/C24H21NO7/c1-29-9-8-25-21(15-6-7-17-18(13-15)31-11-10-30-17)20(23(27)24(25)28)22(26)19-12-14-4-2-3-5-16(14)32-19/h2-7,12-13,21,27H,8-11H2,1H3. The van der Waals surface area contributed by atoms with Gasteiger partial charge in [-0.3, -0.25) is 9.59 Å². The van der Waals surface area contributed by atoms with E-state index in [9.17, 15) is 14.7 Å². The molecule has 0 saturated carbocycles. The molecule has 0 saturated heterocycles. The molecule has 0 fully saturated rings. The Kier molecular flexibility index (Phi) is 5.07. The van der Waals surface area contributed by atoms with Gasteiger partial charge in [0.05, 0.1) is 18.2 Å². The molecule has 1 N–H and O–H groups in total. The van der Waals surface area contributed by atoms with Crippen molar-refractivity contribution < 1.29 is 33.3 Å². The Balaban J connectivity index is 1.59. The number of methoxy groups -OCH3 is 1. The second-order valence-corrected chi connectivity index (χ2v) is 7.54. The van der Waals surface area contributed by atoms with Crippen LogP contribution in [0.5, 0.6) is 11.5 Å².